The SMILES string of the molecule is CCNC(CC1CCOc2ccccc21)C1CCOC1C. The first-order valence-corrected chi connectivity index (χ1v) is 8.36. The molecule has 21 heavy (non-hydrogen) atoms. The molecule has 1 fully saturated rings. The molecule has 1 aromatic rings. The van der Waals surface area contributed by atoms with Crippen LogP contribution in [0.2, 0.25) is 0 Å². The Kier molecular flexibility index (Phi) is 4.81. The summed E-state index contributed by atoms with van der Waals surface area (Å²) in [6.45, 7) is 7.21. The van der Waals surface area contributed by atoms with Crippen molar-refractivity contribution in [1.29, 1.82) is 0 Å². The molecule has 1 aromatic carbocycles. The molecule has 0 bridgehead atoms. The van der Waals surface area contributed by atoms with Gasteiger partial charge in [-0.05, 0) is 50.3 Å². The van der Waals surface area contributed by atoms with E-state index in [9.17, 15) is 0 Å². The minimum Gasteiger partial charge on any atom is -0.493 e. The summed E-state index contributed by atoms with van der Waals surface area (Å²) in [6, 6.07) is 9.07. The normalized spacial score (nSPS) is 29.7. The number of hydrogen-bond donors (Lipinski definition) is 1. The van der Waals surface area contributed by atoms with Gasteiger partial charge in [0.15, 0.2) is 0 Å². The Morgan fingerprint density at radius 3 is 2.86 bits per heavy atom. The Hall–Kier alpha value is -1.06. The second-order valence-electron chi connectivity index (χ2n) is 6.30. The maximum absolute atomic E-state index is 5.80. The van der Waals surface area contributed by atoms with E-state index in [1.807, 2.05) is 0 Å². The number of nitrogens with one attached hydrogen (secondary N) is 1. The molecule has 3 nitrogen and oxygen atoms in total. The van der Waals surface area contributed by atoms with Crippen LogP contribution in [0.3, 0.4) is 0 Å². The molecule has 4 atom stereocenters. The molecule has 3 heteroatoms. The molecule has 1 N–H and O–H groups in total. The number of rotatable bonds is 5. The van der Waals surface area contributed by atoms with Gasteiger partial charge in [0.05, 0.1) is 12.7 Å². The third kappa shape index (κ3) is 3.24. The first-order valence-electron chi connectivity index (χ1n) is 8.36. The molecule has 0 radical (unpaired) electrons. The molecule has 0 saturated carbocycles. The van der Waals surface area contributed by atoms with Crippen molar-refractivity contribution in [2.24, 2.45) is 5.92 Å². The lowest BCUT2D eigenvalue weighted by molar-refractivity contribution is 0.0926. The molecule has 3 rings (SSSR count). The number of ether oxygens (including phenoxy) is 2. The van der Waals surface area contributed by atoms with Crippen molar-refractivity contribution in [2.45, 2.75) is 51.2 Å². The minimum absolute atomic E-state index is 0.379. The molecule has 4 unspecified atom stereocenters. The number of fused-ring (bicyclic) bond motifs is 1. The third-order valence-electron chi connectivity index (χ3n) is 5.04. The van der Waals surface area contributed by atoms with Gasteiger partial charge in [-0.3, -0.25) is 0 Å². The van der Waals surface area contributed by atoms with Crippen LogP contribution in [0.15, 0.2) is 24.3 Å². The summed E-state index contributed by atoms with van der Waals surface area (Å²) in [4.78, 5) is 0. The van der Waals surface area contributed by atoms with Gasteiger partial charge in [-0.2, -0.15) is 0 Å². The average Bonchev–Trinajstić information content (AvgIpc) is 2.93. The fourth-order valence-corrected chi connectivity index (χ4v) is 3.92. The standard InChI is InChI=1S/C18H27NO2/c1-3-19-17(15-9-11-20-13(15)2)12-14-8-10-21-18-7-5-4-6-16(14)18/h4-7,13-15,17,19H,3,8-12H2,1-2H3. The van der Waals surface area contributed by atoms with E-state index in [1.165, 1.54) is 18.4 Å². The Labute approximate surface area is 128 Å². The fourth-order valence-electron chi connectivity index (χ4n) is 3.92. The molecule has 0 aliphatic carbocycles. The van der Waals surface area contributed by atoms with Crippen molar-refractivity contribution in [1.82, 2.24) is 5.32 Å². The Morgan fingerprint density at radius 2 is 2.10 bits per heavy atom. The minimum atomic E-state index is 0.379. The van der Waals surface area contributed by atoms with Crippen molar-refractivity contribution in [3.8, 4) is 5.75 Å². The first-order chi connectivity index (χ1) is 10.3. The Bertz CT molecular complexity index is 462. The zero-order valence-corrected chi connectivity index (χ0v) is 13.2. The summed E-state index contributed by atoms with van der Waals surface area (Å²) in [5.74, 6) is 2.33. The summed E-state index contributed by atoms with van der Waals surface area (Å²) >= 11 is 0. The largest absolute Gasteiger partial charge is 0.493 e. The highest BCUT2D eigenvalue weighted by Crippen LogP contribution is 2.38. The van der Waals surface area contributed by atoms with Crippen molar-refractivity contribution in [3.63, 3.8) is 0 Å². The van der Waals surface area contributed by atoms with Gasteiger partial charge in [0.25, 0.3) is 0 Å². The zero-order chi connectivity index (χ0) is 14.7. The summed E-state index contributed by atoms with van der Waals surface area (Å²) in [5, 5.41) is 3.71. The molecule has 0 spiro atoms. The lowest BCUT2D eigenvalue weighted by Crippen LogP contribution is -2.40. The van der Waals surface area contributed by atoms with Crippen molar-refractivity contribution < 1.29 is 9.47 Å². The quantitative estimate of drug-likeness (QED) is 0.901. The van der Waals surface area contributed by atoms with Crippen LogP contribution >= 0.6 is 0 Å². The van der Waals surface area contributed by atoms with Crippen LogP contribution in [-0.2, 0) is 4.74 Å². The van der Waals surface area contributed by atoms with Crippen LogP contribution in [0, 0.1) is 5.92 Å². The molecule has 0 aromatic heterocycles. The molecule has 116 valence electrons. The van der Waals surface area contributed by atoms with E-state index in [4.69, 9.17) is 9.47 Å². The second kappa shape index (κ2) is 6.80. The van der Waals surface area contributed by atoms with Crippen LogP contribution in [0.4, 0.5) is 0 Å². The maximum atomic E-state index is 5.80. The lowest BCUT2D eigenvalue weighted by Gasteiger charge is -2.33. The van der Waals surface area contributed by atoms with Crippen LogP contribution in [-0.4, -0.2) is 31.9 Å². The second-order valence-corrected chi connectivity index (χ2v) is 6.30. The summed E-state index contributed by atoms with van der Waals surface area (Å²) < 4.78 is 11.6. The summed E-state index contributed by atoms with van der Waals surface area (Å²) in [5.41, 5.74) is 1.39. The Morgan fingerprint density at radius 1 is 1.24 bits per heavy atom. The number of hydrogen-bond acceptors (Lipinski definition) is 3. The van der Waals surface area contributed by atoms with Crippen LogP contribution in [0.1, 0.15) is 44.6 Å². The Balaban J connectivity index is 1.74. The molecule has 1 saturated heterocycles. The predicted molar refractivity (Wildman–Crippen MR) is 84.9 cm³/mol. The van der Waals surface area contributed by atoms with Crippen molar-refractivity contribution in [3.05, 3.63) is 29.8 Å². The van der Waals surface area contributed by atoms with E-state index in [2.05, 4.69) is 43.4 Å². The number of benzene rings is 1. The van der Waals surface area contributed by atoms with Gasteiger partial charge in [-0.25, -0.2) is 0 Å². The zero-order valence-electron chi connectivity index (χ0n) is 13.2. The average molecular weight is 289 g/mol. The molecule has 2 aliphatic heterocycles. The fraction of sp³-hybridized carbons (Fsp3) is 0.667. The van der Waals surface area contributed by atoms with E-state index < -0.39 is 0 Å². The van der Waals surface area contributed by atoms with Gasteiger partial charge in [0.2, 0.25) is 0 Å². The van der Waals surface area contributed by atoms with Gasteiger partial charge in [0.1, 0.15) is 5.75 Å². The van der Waals surface area contributed by atoms with Crippen molar-refractivity contribution in [2.75, 3.05) is 19.8 Å². The van der Waals surface area contributed by atoms with E-state index in [0.29, 0.717) is 24.0 Å². The van der Waals surface area contributed by atoms with Gasteiger partial charge in [-0.15, -0.1) is 0 Å². The van der Waals surface area contributed by atoms with E-state index in [1.54, 1.807) is 0 Å². The van der Waals surface area contributed by atoms with E-state index in [0.717, 1.165) is 31.9 Å². The van der Waals surface area contributed by atoms with E-state index >= 15 is 0 Å². The topological polar surface area (TPSA) is 30.5 Å². The summed E-state index contributed by atoms with van der Waals surface area (Å²) in [7, 11) is 0. The van der Waals surface area contributed by atoms with Crippen molar-refractivity contribution >= 4 is 0 Å². The molecule has 0 amide bonds. The van der Waals surface area contributed by atoms with Crippen LogP contribution < -0.4 is 10.1 Å². The number of para-hydroxylation sites is 1. The lowest BCUT2D eigenvalue weighted by atomic mass is 9.81. The van der Waals surface area contributed by atoms with Gasteiger partial charge < -0.3 is 14.8 Å². The van der Waals surface area contributed by atoms with Gasteiger partial charge in [0, 0.05) is 18.6 Å². The third-order valence-corrected chi connectivity index (χ3v) is 5.04. The van der Waals surface area contributed by atoms with Gasteiger partial charge >= 0.3 is 0 Å². The predicted octanol–water partition coefficient (Wildman–Crippen LogP) is 3.35. The highest BCUT2D eigenvalue weighted by atomic mass is 16.5. The maximum Gasteiger partial charge on any atom is 0.122 e. The van der Waals surface area contributed by atoms with Crippen LogP contribution in [0.5, 0.6) is 5.75 Å². The molecule has 2 heterocycles. The van der Waals surface area contributed by atoms with Crippen LogP contribution in [0.25, 0.3) is 0 Å². The first kappa shape index (κ1) is 14.9. The highest BCUT2D eigenvalue weighted by molar-refractivity contribution is 5.37. The molecular formula is C18H27NO2. The monoisotopic (exact) mass is 289 g/mol. The molecule has 2 aliphatic rings. The molecular weight excluding hydrogens is 262 g/mol. The van der Waals surface area contributed by atoms with Gasteiger partial charge in [-0.1, -0.05) is 25.1 Å². The highest BCUT2D eigenvalue weighted by Gasteiger charge is 2.34. The summed E-state index contributed by atoms with van der Waals surface area (Å²) in [6.07, 6.45) is 3.88. The van der Waals surface area contributed by atoms with E-state index in [-0.39, 0.29) is 0 Å². The smallest absolute Gasteiger partial charge is 0.122 e.